The molecule has 1 N–H and O–H groups in total. The van der Waals surface area contributed by atoms with Crippen LogP contribution in [0.4, 0.5) is 4.39 Å². The van der Waals surface area contributed by atoms with Crippen LogP contribution in [0.25, 0.3) is 11.1 Å². The minimum Gasteiger partial charge on any atom is -0.505 e. The van der Waals surface area contributed by atoms with E-state index in [-0.39, 0.29) is 5.75 Å². The van der Waals surface area contributed by atoms with E-state index < -0.39 is 5.82 Å². The molecule has 17 heavy (non-hydrogen) atoms. The monoisotopic (exact) mass is 230 g/mol. The van der Waals surface area contributed by atoms with E-state index in [1.165, 1.54) is 17.7 Å². The van der Waals surface area contributed by atoms with E-state index in [0.29, 0.717) is 5.92 Å². The smallest absolute Gasteiger partial charge is 0.165 e. The van der Waals surface area contributed by atoms with Crippen molar-refractivity contribution in [1.82, 2.24) is 0 Å². The van der Waals surface area contributed by atoms with Gasteiger partial charge in [0.25, 0.3) is 0 Å². The van der Waals surface area contributed by atoms with Gasteiger partial charge in [-0.05, 0) is 34.7 Å². The topological polar surface area (TPSA) is 20.2 Å². The van der Waals surface area contributed by atoms with Crippen molar-refractivity contribution < 1.29 is 9.50 Å². The van der Waals surface area contributed by atoms with E-state index >= 15 is 0 Å². The summed E-state index contributed by atoms with van der Waals surface area (Å²) >= 11 is 0. The lowest BCUT2D eigenvalue weighted by Crippen LogP contribution is -1.87. The molecule has 88 valence electrons. The molecule has 2 aromatic carbocycles. The molecule has 0 saturated heterocycles. The number of halogens is 1. The van der Waals surface area contributed by atoms with Crippen LogP contribution < -0.4 is 0 Å². The molecule has 2 rings (SSSR count). The largest absolute Gasteiger partial charge is 0.505 e. The molecule has 0 unspecified atom stereocenters. The Balaban J connectivity index is 2.36. The zero-order valence-electron chi connectivity index (χ0n) is 9.94. The molecular formula is C15H15FO. The molecule has 0 bridgehead atoms. The number of phenolic OH excluding ortho intramolecular Hbond substituents is 1. The van der Waals surface area contributed by atoms with E-state index in [1.807, 2.05) is 24.3 Å². The second-order valence-corrected chi connectivity index (χ2v) is 4.44. The van der Waals surface area contributed by atoms with E-state index in [1.54, 1.807) is 6.07 Å². The average Bonchev–Trinajstić information content (AvgIpc) is 2.33. The summed E-state index contributed by atoms with van der Waals surface area (Å²) < 4.78 is 13.2. The van der Waals surface area contributed by atoms with Crippen LogP contribution in [0.2, 0.25) is 0 Å². The van der Waals surface area contributed by atoms with Crippen molar-refractivity contribution in [1.29, 1.82) is 0 Å². The Labute approximate surface area is 101 Å². The van der Waals surface area contributed by atoms with Crippen molar-refractivity contribution in [2.45, 2.75) is 19.8 Å². The molecule has 0 amide bonds. The molecule has 0 saturated carbocycles. The van der Waals surface area contributed by atoms with Crippen molar-refractivity contribution in [2.75, 3.05) is 0 Å². The van der Waals surface area contributed by atoms with Gasteiger partial charge in [0.2, 0.25) is 0 Å². The third kappa shape index (κ3) is 2.47. The summed E-state index contributed by atoms with van der Waals surface area (Å²) in [5.41, 5.74) is 2.98. The Hall–Kier alpha value is -1.83. The van der Waals surface area contributed by atoms with Gasteiger partial charge >= 0.3 is 0 Å². The van der Waals surface area contributed by atoms with Gasteiger partial charge < -0.3 is 5.11 Å². The van der Waals surface area contributed by atoms with Crippen LogP contribution in [0.3, 0.4) is 0 Å². The number of aromatic hydroxyl groups is 1. The molecular weight excluding hydrogens is 215 g/mol. The van der Waals surface area contributed by atoms with Gasteiger partial charge in [0, 0.05) is 0 Å². The highest BCUT2D eigenvalue weighted by atomic mass is 19.1. The fourth-order valence-corrected chi connectivity index (χ4v) is 1.75. The first-order valence-electron chi connectivity index (χ1n) is 5.67. The molecule has 0 aliphatic rings. The molecule has 0 spiro atoms. The van der Waals surface area contributed by atoms with Crippen LogP contribution in [-0.4, -0.2) is 5.11 Å². The van der Waals surface area contributed by atoms with Crippen molar-refractivity contribution >= 4 is 0 Å². The highest BCUT2D eigenvalue weighted by Crippen LogP contribution is 2.26. The number of hydrogen-bond donors (Lipinski definition) is 1. The summed E-state index contributed by atoms with van der Waals surface area (Å²) in [6.07, 6.45) is 0. The number of rotatable bonds is 2. The summed E-state index contributed by atoms with van der Waals surface area (Å²) in [5.74, 6) is -0.413. The molecule has 0 aliphatic heterocycles. The zero-order valence-corrected chi connectivity index (χ0v) is 9.94. The Morgan fingerprint density at radius 3 is 2.06 bits per heavy atom. The van der Waals surface area contributed by atoms with Crippen molar-refractivity contribution in [2.24, 2.45) is 0 Å². The number of benzene rings is 2. The Kier molecular flexibility index (Phi) is 3.14. The third-order valence-electron chi connectivity index (χ3n) is 2.86. The summed E-state index contributed by atoms with van der Waals surface area (Å²) in [4.78, 5) is 0. The van der Waals surface area contributed by atoms with Crippen LogP contribution in [0.1, 0.15) is 25.3 Å². The predicted octanol–water partition coefficient (Wildman–Crippen LogP) is 4.32. The minimum atomic E-state index is -0.588. The van der Waals surface area contributed by atoms with Crippen LogP contribution in [-0.2, 0) is 0 Å². The van der Waals surface area contributed by atoms with Gasteiger partial charge in [-0.1, -0.05) is 44.2 Å². The first-order chi connectivity index (χ1) is 8.08. The van der Waals surface area contributed by atoms with E-state index in [4.69, 9.17) is 5.11 Å². The highest BCUT2D eigenvalue weighted by molar-refractivity contribution is 5.64. The quantitative estimate of drug-likeness (QED) is 0.814. The van der Waals surface area contributed by atoms with Gasteiger partial charge in [0.1, 0.15) is 0 Å². The van der Waals surface area contributed by atoms with Crippen LogP contribution in [0.5, 0.6) is 5.75 Å². The first-order valence-corrected chi connectivity index (χ1v) is 5.67. The molecule has 2 aromatic rings. The van der Waals surface area contributed by atoms with Gasteiger partial charge in [-0.25, -0.2) is 4.39 Å². The predicted molar refractivity (Wildman–Crippen MR) is 67.6 cm³/mol. The summed E-state index contributed by atoms with van der Waals surface area (Å²) in [6.45, 7) is 4.27. The van der Waals surface area contributed by atoms with Gasteiger partial charge in [-0.15, -0.1) is 0 Å². The van der Waals surface area contributed by atoms with Crippen molar-refractivity contribution in [3.63, 3.8) is 0 Å². The number of phenols is 1. The zero-order chi connectivity index (χ0) is 12.4. The lowest BCUT2D eigenvalue weighted by molar-refractivity contribution is 0.432. The normalized spacial score (nSPS) is 10.8. The van der Waals surface area contributed by atoms with Crippen molar-refractivity contribution in [3.05, 3.63) is 53.8 Å². The van der Waals surface area contributed by atoms with E-state index in [2.05, 4.69) is 13.8 Å². The molecule has 0 atom stereocenters. The Morgan fingerprint density at radius 1 is 0.941 bits per heavy atom. The molecule has 0 aromatic heterocycles. The first kappa shape index (κ1) is 11.6. The van der Waals surface area contributed by atoms with E-state index in [9.17, 15) is 4.39 Å². The Morgan fingerprint density at radius 2 is 1.53 bits per heavy atom. The maximum Gasteiger partial charge on any atom is 0.165 e. The van der Waals surface area contributed by atoms with E-state index in [0.717, 1.165) is 11.1 Å². The third-order valence-corrected chi connectivity index (χ3v) is 2.86. The number of hydrogen-bond acceptors (Lipinski definition) is 1. The molecule has 2 heteroatoms. The highest BCUT2D eigenvalue weighted by Gasteiger charge is 2.04. The molecule has 1 nitrogen and oxygen atoms in total. The van der Waals surface area contributed by atoms with Gasteiger partial charge in [-0.3, -0.25) is 0 Å². The van der Waals surface area contributed by atoms with Gasteiger partial charge in [0.15, 0.2) is 11.6 Å². The fourth-order valence-electron chi connectivity index (χ4n) is 1.75. The lowest BCUT2D eigenvalue weighted by Gasteiger charge is -2.07. The standard InChI is InChI=1S/C15H15FO/c1-10(2)11-3-5-12(6-4-11)13-7-8-15(17)14(16)9-13/h3-10,17H,1-2H3. The summed E-state index contributed by atoms with van der Waals surface area (Å²) in [6, 6.07) is 12.5. The summed E-state index contributed by atoms with van der Waals surface area (Å²) in [5, 5.41) is 9.13. The van der Waals surface area contributed by atoms with Crippen LogP contribution in [0.15, 0.2) is 42.5 Å². The lowest BCUT2D eigenvalue weighted by atomic mass is 9.99. The fraction of sp³-hybridized carbons (Fsp3) is 0.200. The molecule has 0 aliphatic carbocycles. The van der Waals surface area contributed by atoms with Gasteiger partial charge in [-0.2, -0.15) is 0 Å². The van der Waals surface area contributed by atoms with Crippen LogP contribution in [0, 0.1) is 5.82 Å². The van der Waals surface area contributed by atoms with Crippen molar-refractivity contribution in [3.8, 4) is 16.9 Å². The SMILES string of the molecule is CC(C)c1ccc(-c2ccc(O)c(F)c2)cc1. The maximum absolute atomic E-state index is 13.2. The average molecular weight is 230 g/mol. The maximum atomic E-state index is 13.2. The Bertz CT molecular complexity index is 515. The van der Waals surface area contributed by atoms with Crippen LogP contribution >= 0.6 is 0 Å². The second kappa shape index (κ2) is 4.58. The molecule has 0 radical (unpaired) electrons. The summed E-state index contributed by atoms with van der Waals surface area (Å²) in [7, 11) is 0. The second-order valence-electron chi connectivity index (χ2n) is 4.44. The molecule has 0 fully saturated rings. The minimum absolute atomic E-state index is 0.312. The molecule has 0 heterocycles. The van der Waals surface area contributed by atoms with Gasteiger partial charge in [0.05, 0.1) is 0 Å².